The molecular formula is C25H28F3N5O. The van der Waals surface area contributed by atoms with Gasteiger partial charge in [0, 0.05) is 31.9 Å². The molecule has 3 aromatic rings. The summed E-state index contributed by atoms with van der Waals surface area (Å²) in [4.78, 5) is 19.3. The number of pyridine rings is 1. The number of hydrogen-bond donors (Lipinski definition) is 1. The van der Waals surface area contributed by atoms with Gasteiger partial charge in [0.25, 0.3) is 5.91 Å². The molecule has 3 heterocycles. The molecule has 0 spiro atoms. The van der Waals surface area contributed by atoms with E-state index in [1.54, 1.807) is 0 Å². The Morgan fingerprint density at radius 3 is 2.47 bits per heavy atom. The summed E-state index contributed by atoms with van der Waals surface area (Å²) in [5.41, 5.74) is 2.86. The Morgan fingerprint density at radius 1 is 1.09 bits per heavy atom. The highest BCUT2D eigenvalue weighted by molar-refractivity contribution is 5.95. The van der Waals surface area contributed by atoms with Crippen molar-refractivity contribution in [1.29, 1.82) is 0 Å². The molecule has 34 heavy (non-hydrogen) atoms. The highest BCUT2D eigenvalue weighted by atomic mass is 19.4. The topological polar surface area (TPSA) is 63.1 Å². The lowest BCUT2D eigenvalue weighted by molar-refractivity contribution is -0.137. The second-order valence-corrected chi connectivity index (χ2v) is 8.96. The van der Waals surface area contributed by atoms with E-state index in [1.165, 1.54) is 28.1 Å². The number of halogens is 3. The summed E-state index contributed by atoms with van der Waals surface area (Å²) in [6, 6.07) is 10.8. The Morgan fingerprint density at radius 2 is 1.82 bits per heavy atom. The van der Waals surface area contributed by atoms with Crippen LogP contribution in [-0.2, 0) is 19.1 Å². The lowest BCUT2D eigenvalue weighted by atomic mass is 9.99. The van der Waals surface area contributed by atoms with Crippen molar-refractivity contribution < 1.29 is 18.0 Å². The van der Waals surface area contributed by atoms with Crippen LogP contribution in [0, 0.1) is 0 Å². The minimum absolute atomic E-state index is 0.0941. The van der Waals surface area contributed by atoms with Crippen molar-refractivity contribution in [2.75, 3.05) is 13.1 Å². The minimum atomic E-state index is -4.46. The Balaban J connectivity index is 1.46. The van der Waals surface area contributed by atoms with Crippen molar-refractivity contribution in [3.8, 4) is 5.82 Å². The number of amides is 1. The first-order valence-electron chi connectivity index (χ1n) is 11.4. The Labute approximate surface area is 196 Å². The number of fused-ring (bicyclic) bond motifs is 1. The van der Waals surface area contributed by atoms with Gasteiger partial charge in [-0.1, -0.05) is 38.1 Å². The van der Waals surface area contributed by atoms with Crippen LogP contribution in [0.15, 0.2) is 48.8 Å². The molecule has 1 aliphatic rings. The first-order chi connectivity index (χ1) is 16.1. The van der Waals surface area contributed by atoms with Gasteiger partial charge < -0.3 is 5.32 Å². The van der Waals surface area contributed by atoms with Crippen LogP contribution in [0.4, 0.5) is 13.2 Å². The summed E-state index contributed by atoms with van der Waals surface area (Å²) in [7, 11) is 0. The van der Waals surface area contributed by atoms with Crippen LogP contribution >= 0.6 is 0 Å². The van der Waals surface area contributed by atoms with Crippen molar-refractivity contribution >= 4 is 5.91 Å². The number of benzene rings is 1. The van der Waals surface area contributed by atoms with Crippen LogP contribution < -0.4 is 5.32 Å². The van der Waals surface area contributed by atoms with Crippen LogP contribution in [0.3, 0.4) is 0 Å². The zero-order valence-corrected chi connectivity index (χ0v) is 19.4. The number of nitrogens with zero attached hydrogens (tertiary/aromatic N) is 4. The fourth-order valence-corrected chi connectivity index (χ4v) is 4.31. The SMILES string of the molecule is CC(C)c1c(C(=O)NCC(C)N2CCc3ccccc3C2)cnn1-c1ccc(C(F)(F)F)cn1. The Kier molecular flexibility index (Phi) is 6.74. The molecule has 1 aliphatic heterocycles. The molecule has 6 nitrogen and oxygen atoms in total. The number of aromatic nitrogens is 3. The van der Waals surface area contributed by atoms with Crippen LogP contribution in [0.2, 0.25) is 0 Å². The summed E-state index contributed by atoms with van der Waals surface area (Å²) in [6.45, 7) is 8.16. The summed E-state index contributed by atoms with van der Waals surface area (Å²) < 4.78 is 40.1. The average Bonchev–Trinajstić information content (AvgIpc) is 3.27. The molecule has 4 rings (SSSR count). The smallest absolute Gasteiger partial charge is 0.350 e. The maximum absolute atomic E-state index is 13.0. The molecule has 180 valence electrons. The molecule has 0 bridgehead atoms. The fourth-order valence-electron chi connectivity index (χ4n) is 4.31. The molecule has 0 radical (unpaired) electrons. The van der Waals surface area contributed by atoms with Gasteiger partial charge in [0.1, 0.15) is 0 Å². The van der Waals surface area contributed by atoms with E-state index in [-0.39, 0.29) is 23.7 Å². The van der Waals surface area contributed by atoms with Gasteiger partial charge in [-0.25, -0.2) is 9.67 Å². The van der Waals surface area contributed by atoms with E-state index in [0.717, 1.165) is 31.8 Å². The van der Waals surface area contributed by atoms with E-state index in [2.05, 4.69) is 45.4 Å². The number of rotatable bonds is 6. The molecule has 1 N–H and O–H groups in total. The second kappa shape index (κ2) is 9.58. The zero-order valence-electron chi connectivity index (χ0n) is 19.4. The molecule has 0 aliphatic carbocycles. The highest BCUT2D eigenvalue weighted by Gasteiger charge is 2.31. The molecule has 9 heteroatoms. The summed E-state index contributed by atoms with van der Waals surface area (Å²) in [5, 5.41) is 7.27. The summed E-state index contributed by atoms with van der Waals surface area (Å²) in [5.74, 6) is -0.120. The molecule has 2 aromatic heterocycles. The molecule has 1 atom stereocenters. The molecule has 0 saturated carbocycles. The quantitative estimate of drug-likeness (QED) is 0.572. The molecular weight excluding hydrogens is 443 g/mol. The monoisotopic (exact) mass is 471 g/mol. The van der Waals surface area contributed by atoms with Crippen molar-refractivity contribution in [3.63, 3.8) is 0 Å². The minimum Gasteiger partial charge on any atom is -0.350 e. The number of hydrogen-bond acceptors (Lipinski definition) is 4. The van der Waals surface area contributed by atoms with Gasteiger partial charge in [0.2, 0.25) is 0 Å². The van der Waals surface area contributed by atoms with Gasteiger partial charge in [0.15, 0.2) is 5.82 Å². The highest BCUT2D eigenvalue weighted by Crippen LogP contribution is 2.29. The zero-order chi connectivity index (χ0) is 24.5. The number of nitrogens with one attached hydrogen (secondary N) is 1. The van der Waals surface area contributed by atoms with Crippen molar-refractivity contribution in [1.82, 2.24) is 25.0 Å². The predicted octanol–water partition coefficient (Wildman–Crippen LogP) is 4.59. The van der Waals surface area contributed by atoms with Crippen LogP contribution in [0.1, 0.15) is 59.4 Å². The number of alkyl halides is 3. The Hall–Kier alpha value is -3.20. The van der Waals surface area contributed by atoms with E-state index in [0.29, 0.717) is 17.8 Å². The van der Waals surface area contributed by atoms with E-state index >= 15 is 0 Å². The molecule has 1 aromatic carbocycles. The van der Waals surface area contributed by atoms with Gasteiger partial charge in [0.05, 0.1) is 23.0 Å². The third-order valence-electron chi connectivity index (χ3n) is 6.23. The van der Waals surface area contributed by atoms with Gasteiger partial charge in [-0.05, 0) is 42.5 Å². The molecule has 1 unspecified atom stereocenters. The van der Waals surface area contributed by atoms with Crippen molar-refractivity contribution in [3.05, 3.63) is 76.7 Å². The van der Waals surface area contributed by atoms with Gasteiger partial charge in [-0.15, -0.1) is 0 Å². The van der Waals surface area contributed by atoms with E-state index in [9.17, 15) is 18.0 Å². The third kappa shape index (κ3) is 4.99. The molecule has 1 amide bonds. The van der Waals surface area contributed by atoms with E-state index < -0.39 is 11.7 Å². The maximum atomic E-state index is 13.0. The summed E-state index contributed by atoms with van der Waals surface area (Å²) >= 11 is 0. The summed E-state index contributed by atoms with van der Waals surface area (Å²) in [6.07, 6.45) is -1.25. The fraction of sp³-hybridized carbons (Fsp3) is 0.400. The van der Waals surface area contributed by atoms with Crippen molar-refractivity contribution in [2.45, 2.75) is 51.9 Å². The molecule has 0 fully saturated rings. The van der Waals surface area contributed by atoms with Crippen LogP contribution in [0.25, 0.3) is 5.82 Å². The van der Waals surface area contributed by atoms with Gasteiger partial charge in [-0.2, -0.15) is 18.3 Å². The van der Waals surface area contributed by atoms with Crippen molar-refractivity contribution in [2.24, 2.45) is 0 Å². The first-order valence-corrected chi connectivity index (χ1v) is 11.4. The van der Waals surface area contributed by atoms with E-state index in [4.69, 9.17) is 0 Å². The maximum Gasteiger partial charge on any atom is 0.417 e. The van der Waals surface area contributed by atoms with E-state index in [1.807, 2.05) is 19.9 Å². The van der Waals surface area contributed by atoms with Crippen LogP contribution in [-0.4, -0.2) is 44.7 Å². The lowest BCUT2D eigenvalue weighted by Gasteiger charge is -2.33. The van der Waals surface area contributed by atoms with Crippen LogP contribution in [0.5, 0.6) is 0 Å². The molecule has 0 saturated heterocycles. The largest absolute Gasteiger partial charge is 0.417 e. The van der Waals surface area contributed by atoms with Gasteiger partial charge >= 0.3 is 6.18 Å². The number of carbonyl (C=O) groups is 1. The Bertz CT molecular complexity index is 1150. The lowest BCUT2D eigenvalue weighted by Crippen LogP contribution is -2.44. The second-order valence-electron chi connectivity index (χ2n) is 8.96. The average molecular weight is 472 g/mol. The third-order valence-corrected chi connectivity index (χ3v) is 6.23. The number of carbonyl (C=O) groups excluding carboxylic acids is 1. The normalized spacial score (nSPS) is 15.3. The first kappa shape index (κ1) is 23.9. The predicted molar refractivity (Wildman–Crippen MR) is 123 cm³/mol. The standard InChI is InChI=1S/C25H28F3N5O/c1-16(2)23-21(14-31-33(23)22-9-8-20(13-29-22)25(26,27)28)24(34)30-12-17(3)32-11-10-18-6-4-5-7-19(18)15-32/h4-9,13-14,16-17H,10-12,15H2,1-3H3,(H,30,34). The van der Waals surface area contributed by atoms with Gasteiger partial charge in [-0.3, -0.25) is 9.69 Å².